The third-order valence-corrected chi connectivity index (χ3v) is 4.69. The van der Waals surface area contributed by atoms with E-state index in [1.165, 1.54) is 0 Å². The van der Waals surface area contributed by atoms with Crippen molar-refractivity contribution >= 4 is 33.0 Å². The lowest BCUT2D eigenvalue weighted by atomic mass is 10.3. The van der Waals surface area contributed by atoms with E-state index < -0.39 is 16.0 Å². The van der Waals surface area contributed by atoms with Gasteiger partial charge in [-0.05, 0) is 23.8 Å². The number of nitrogens with one attached hydrogen (secondary N) is 1. The van der Waals surface area contributed by atoms with Gasteiger partial charge in [0.2, 0.25) is 10.0 Å². The largest absolute Gasteiger partial charge is 0.477 e. The number of anilines is 1. The van der Waals surface area contributed by atoms with Crippen LogP contribution >= 0.6 is 11.3 Å². The lowest BCUT2D eigenvalue weighted by Crippen LogP contribution is -2.21. The molecule has 0 aliphatic rings. The van der Waals surface area contributed by atoms with Crippen molar-refractivity contribution in [2.24, 2.45) is 5.92 Å². The van der Waals surface area contributed by atoms with Crippen molar-refractivity contribution in [3.8, 4) is 0 Å². The van der Waals surface area contributed by atoms with Crippen molar-refractivity contribution in [3.05, 3.63) is 15.8 Å². The fourth-order valence-corrected chi connectivity index (χ4v) is 3.81. The summed E-state index contributed by atoms with van der Waals surface area (Å²) in [6.07, 6.45) is 0. The van der Waals surface area contributed by atoms with Gasteiger partial charge in [0.25, 0.3) is 0 Å². The number of aromatic carboxylic acids is 1. The molecular weight excluding hydrogens is 262 g/mol. The van der Waals surface area contributed by atoms with Crippen LogP contribution < -0.4 is 4.72 Å². The van der Waals surface area contributed by atoms with Gasteiger partial charge in [0.15, 0.2) is 0 Å². The molecule has 2 N–H and O–H groups in total. The summed E-state index contributed by atoms with van der Waals surface area (Å²) >= 11 is 1.02. The molecule has 0 aliphatic heterocycles. The average Bonchev–Trinajstić information content (AvgIpc) is 2.44. The summed E-state index contributed by atoms with van der Waals surface area (Å²) in [7, 11) is -3.49. The smallest absolute Gasteiger partial charge is 0.348 e. The minimum atomic E-state index is -3.49. The molecular formula is C10H15NO4S2. The Labute approximate surface area is 105 Å². The van der Waals surface area contributed by atoms with E-state index in [0.717, 1.165) is 11.3 Å². The Morgan fingerprint density at radius 2 is 2.12 bits per heavy atom. The van der Waals surface area contributed by atoms with Crippen LogP contribution in [0.25, 0.3) is 0 Å². The van der Waals surface area contributed by atoms with Gasteiger partial charge < -0.3 is 5.11 Å². The zero-order valence-corrected chi connectivity index (χ0v) is 11.5. The van der Waals surface area contributed by atoms with Crippen LogP contribution in [0.15, 0.2) is 5.38 Å². The van der Waals surface area contributed by atoms with Gasteiger partial charge in [-0.15, -0.1) is 11.3 Å². The molecule has 0 radical (unpaired) electrons. The Morgan fingerprint density at radius 3 is 2.59 bits per heavy atom. The predicted octanol–water partition coefficient (Wildman–Crippen LogP) is 2.15. The molecule has 0 saturated heterocycles. The molecule has 7 heteroatoms. The summed E-state index contributed by atoms with van der Waals surface area (Å²) in [5.74, 6) is -1.16. The Balaban J connectivity index is 3.03. The molecule has 1 aromatic rings. The van der Waals surface area contributed by atoms with E-state index in [4.69, 9.17) is 5.11 Å². The fraction of sp³-hybridized carbons (Fsp3) is 0.500. The van der Waals surface area contributed by atoms with E-state index >= 15 is 0 Å². The molecule has 0 unspecified atom stereocenters. The molecule has 0 aromatic carbocycles. The SMILES string of the molecule is Cc1csc(C(=O)O)c1NS(=O)(=O)CC(C)C. The number of hydrogen-bond acceptors (Lipinski definition) is 4. The van der Waals surface area contributed by atoms with Gasteiger partial charge in [-0.25, -0.2) is 13.2 Å². The molecule has 0 saturated carbocycles. The Bertz CT molecular complexity index is 516. The first kappa shape index (κ1) is 14.0. The molecule has 5 nitrogen and oxygen atoms in total. The van der Waals surface area contributed by atoms with Crippen LogP contribution in [-0.2, 0) is 10.0 Å². The van der Waals surface area contributed by atoms with Crippen molar-refractivity contribution in [3.63, 3.8) is 0 Å². The minimum Gasteiger partial charge on any atom is -0.477 e. The molecule has 0 aliphatic carbocycles. The van der Waals surface area contributed by atoms with Crippen LogP contribution in [0, 0.1) is 12.8 Å². The van der Waals surface area contributed by atoms with E-state index in [2.05, 4.69) is 4.72 Å². The Kier molecular flexibility index (Phi) is 4.16. The van der Waals surface area contributed by atoms with Crippen molar-refractivity contribution in [2.45, 2.75) is 20.8 Å². The molecule has 96 valence electrons. The number of carboxylic acid groups (broad SMARTS) is 1. The molecule has 1 rings (SSSR count). The summed E-state index contributed by atoms with van der Waals surface area (Å²) < 4.78 is 25.8. The summed E-state index contributed by atoms with van der Waals surface area (Å²) in [4.78, 5) is 10.9. The Morgan fingerprint density at radius 1 is 1.53 bits per heavy atom. The second kappa shape index (κ2) is 5.05. The van der Waals surface area contributed by atoms with Crippen LogP contribution in [0.1, 0.15) is 29.1 Å². The zero-order valence-electron chi connectivity index (χ0n) is 9.85. The molecule has 0 fully saturated rings. The maximum Gasteiger partial charge on any atom is 0.348 e. The first-order chi connectivity index (χ1) is 7.73. The maximum absolute atomic E-state index is 11.7. The predicted molar refractivity (Wildman–Crippen MR) is 68.3 cm³/mol. The molecule has 1 aromatic heterocycles. The highest BCUT2D eigenvalue weighted by Crippen LogP contribution is 2.28. The van der Waals surface area contributed by atoms with Crippen LogP contribution in [0.4, 0.5) is 5.69 Å². The molecule has 17 heavy (non-hydrogen) atoms. The maximum atomic E-state index is 11.7. The summed E-state index contributed by atoms with van der Waals surface area (Å²) in [6.45, 7) is 5.26. The number of carbonyl (C=O) groups is 1. The second-order valence-electron chi connectivity index (χ2n) is 4.21. The topological polar surface area (TPSA) is 83.5 Å². The fourth-order valence-electron chi connectivity index (χ4n) is 1.36. The van der Waals surface area contributed by atoms with Crippen molar-refractivity contribution in [1.82, 2.24) is 0 Å². The highest BCUT2D eigenvalue weighted by Gasteiger charge is 2.20. The zero-order chi connectivity index (χ0) is 13.2. The van der Waals surface area contributed by atoms with E-state index in [-0.39, 0.29) is 22.2 Å². The van der Waals surface area contributed by atoms with E-state index in [1.54, 1.807) is 26.2 Å². The van der Waals surface area contributed by atoms with Crippen molar-refractivity contribution in [1.29, 1.82) is 0 Å². The van der Waals surface area contributed by atoms with Gasteiger partial charge in [0.05, 0.1) is 11.4 Å². The highest BCUT2D eigenvalue weighted by molar-refractivity contribution is 7.92. The molecule has 0 amide bonds. The molecule has 0 atom stereocenters. The average molecular weight is 277 g/mol. The van der Waals surface area contributed by atoms with Gasteiger partial charge in [-0.1, -0.05) is 13.8 Å². The first-order valence-corrected chi connectivity index (χ1v) is 7.58. The molecule has 0 bridgehead atoms. The van der Waals surface area contributed by atoms with E-state index in [9.17, 15) is 13.2 Å². The number of carboxylic acids is 1. The van der Waals surface area contributed by atoms with Crippen LogP contribution in [-0.4, -0.2) is 25.2 Å². The monoisotopic (exact) mass is 277 g/mol. The number of sulfonamides is 1. The highest BCUT2D eigenvalue weighted by atomic mass is 32.2. The summed E-state index contributed by atoms with van der Waals surface area (Å²) in [5, 5.41) is 10.6. The van der Waals surface area contributed by atoms with Crippen molar-refractivity contribution < 1.29 is 18.3 Å². The third kappa shape index (κ3) is 3.71. The summed E-state index contributed by atoms with van der Waals surface area (Å²) in [5.41, 5.74) is 0.808. The number of hydrogen-bond donors (Lipinski definition) is 2. The summed E-state index contributed by atoms with van der Waals surface area (Å²) in [6, 6.07) is 0. The van der Waals surface area contributed by atoms with Gasteiger partial charge >= 0.3 is 5.97 Å². The number of rotatable bonds is 5. The number of thiophene rings is 1. The standard InChI is InChI=1S/C10H15NO4S2/c1-6(2)5-17(14,15)11-8-7(3)4-16-9(8)10(12)13/h4,6,11H,5H2,1-3H3,(H,12,13). The van der Waals surface area contributed by atoms with Crippen molar-refractivity contribution in [2.75, 3.05) is 10.5 Å². The van der Waals surface area contributed by atoms with Crippen LogP contribution in [0.5, 0.6) is 0 Å². The van der Waals surface area contributed by atoms with Gasteiger partial charge in [0.1, 0.15) is 4.88 Å². The number of aryl methyl sites for hydroxylation is 1. The molecule has 1 heterocycles. The Hall–Kier alpha value is -1.08. The molecule has 0 spiro atoms. The van der Waals surface area contributed by atoms with Gasteiger partial charge in [-0.3, -0.25) is 4.72 Å². The van der Waals surface area contributed by atoms with E-state index in [0.29, 0.717) is 5.56 Å². The van der Waals surface area contributed by atoms with Gasteiger partial charge in [0, 0.05) is 0 Å². The van der Waals surface area contributed by atoms with Gasteiger partial charge in [-0.2, -0.15) is 0 Å². The van der Waals surface area contributed by atoms with E-state index in [1.807, 2.05) is 0 Å². The third-order valence-electron chi connectivity index (χ3n) is 1.98. The second-order valence-corrected chi connectivity index (χ2v) is 6.85. The quantitative estimate of drug-likeness (QED) is 0.863. The first-order valence-electron chi connectivity index (χ1n) is 5.05. The minimum absolute atomic E-state index is 0.0141. The van der Waals surface area contributed by atoms with Crippen LogP contribution in [0.3, 0.4) is 0 Å². The normalized spacial score (nSPS) is 11.8. The lowest BCUT2D eigenvalue weighted by molar-refractivity contribution is 0.0703. The lowest BCUT2D eigenvalue weighted by Gasteiger charge is -2.10. The van der Waals surface area contributed by atoms with Crippen LogP contribution in [0.2, 0.25) is 0 Å².